The van der Waals surface area contributed by atoms with E-state index in [1.807, 2.05) is 0 Å². The molecule has 0 atom stereocenters. The van der Waals surface area contributed by atoms with Gasteiger partial charge < -0.3 is 10.6 Å². The lowest BCUT2D eigenvalue weighted by atomic mass is 10.2. The summed E-state index contributed by atoms with van der Waals surface area (Å²) in [6.45, 7) is 0.236. The highest BCUT2D eigenvalue weighted by atomic mass is 32.2. The summed E-state index contributed by atoms with van der Waals surface area (Å²) in [5.41, 5.74) is 0.765. The first-order valence-corrected chi connectivity index (χ1v) is 9.35. The summed E-state index contributed by atoms with van der Waals surface area (Å²) in [5.74, 6) is -0.476. The Kier molecular flexibility index (Phi) is 5.86. The van der Waals surface area contributed by atoms with Crippen LogP contribution in [0.3, 0.4) is 0 Å². The van der Waals surface area contributed by atoms with E-state index < -0.39 is 15.7 Å². The standard InChI is InChI=1S/C16H18FN3O3S/c1-24(22,23)10-4-9-19-16(21)14-7-3-8-18-15(14)20-13-6-2-5-12(17)11-13/h2-3,5-8,11H,4,9-10H2,1H3,(H,18,20)(H,19,21). The Labute approximate surface area is 140 Å². The Balaban J connectivity index is 2.03. The molecule has 0 saturated carbocycles. The number of nitrogens with zero attached hydrogens (tertiary/aromatic N) is 1. The molecule has 6 nitrogen and oxygen atoms in total. The fraction of sp³-hybridized carbons (Fsp3) is 0.250. The van der Waals surface area contributed by atoms with Crippen molar-refractivity contribution >= 4 is 27.2 Å². The van der Waals surface area contributed by atoms with Crippen LogP contribution in [0.5, 0.6) is 0 Å². The number of carbonyl (C=O) groups is 1. The van der Waals surface area contributed by atoms with Gasteiger partial charge in [-0.05, 0) is 36.8 Å². The van der Waals surface area contributed by atoms with E-state index >= 15 is 0 Å². The van der Waals surface area contributed by atoms with Crippen LogP contribution in [0.25, 0.3) is 0 Å². The van der Waals surface area contributed by atoms with Crippen LogP contribution >= 0.6 is 0 Å². The molecule has 2 N–H and O–H groups in total. The third kappa shape index (κ3) is 5.62. The van der Waals surface area contributed by atoms with Crippen molar-refractivity contribution in [3.63, 3.8) is 0 Å². The Morgan fingerprint density at radius 3 is 2.75 bits per heavy atom. The Bertz CT molecular complexity index is 825. The summed E-state index contributed by atoms with van der Waals surface area (Å²) in [5, 5.41) is 5.55. The molecular weight excluding hydrogens is 333 g/mol. The smallest absolute Gasteiger partial charge is 0.255 e. The fourth-order valence-electron chi connectivity index (χ4n) is 2.02. The molecule has 0 unspecified atom stereocenters. The molecule has 24 heavy (non-hydrogen) atoms. The average molecular weight is 351 g/mol. The molecule has 0 bridgehead atoms. The lowest BCUT2D eigenvalue weighted by Crippen LogP contribution is -2.26. The molecule has 0 aliphatic carbocycles. The molecule has 2 aromatic rings. The molecule has 0 radical (unpaired) electrons. The summed E-state index contributed by atoms with van der Waals surface area (Å²) < 4.78 is 35.4. The second-order valence-electron chi connectivity index (χ2n) is 5.27. The van der Waals surface area contributed by atoms with Crippen LogP contribution in [0.1, 0.15) is 16.8 Å². The normalized spacial score (nSPS) is 11.1. The zero-order valence-corrected chi connectivity index (χ0v) is 13.9. The van der Waals surface area contributed by atoms with Gasteiger partial charge in [-0.15, -0.1) is 0 Å². The number of rotatable bonds is 7. The maximum atomic E-state index is 13.2. The van der Waals surface area contributed by atoms with Gasteiger partial charge in [0.1, 0.15) is 21.5 Å². The second-order valence-corrected chi connectivity index (χ2v) is 7.53. The fourth-order valence-corrected chi connectivity index (χ4v) is 2.69. The lowest BCUT2D eigenvalue weighted by Gasteiger charge is -2.11. The van der Waals surface area contributed by atoms with Crippen LogP contribution in [-0.4, -0.2) is 37.9 Å². The largest absolute Gasteiger partial charge is 0.352 e. The summed E-state index contributed by atoms with van der Waals surface area (Å²) >= 11 is 0. The van der Waals surface area contributed by atoms with Gasteiger partial charge in [0, 0.05) is 24.7 Å². The highest BCUT2D eigenvalue weighted by Gasteiger charge is 2.12. The number of anilines is 2. The molecule has 2 rings (SSSR count). The number of aromatic nitrogens is 1. The van der Waals surface area contributed by atoms with Crippen molar-refractivity contribution in [2.24, 2.45) is 0 Å². The van der Waals surface area contributed by atoms with Crippen LogP contribution in [0, 0.1) is 5.82 Å². The molecule has 0 spiro atoms. The van der Waals surface area contributed by atoms with E-state index in [-0.39, 0.29) is 18.2 Å². The predicted molar refractivity (Wildman–Crippen MR) is 90.6 cm³/mol. The highest BCUT2D eigenvalue weighted by Crippen LogP contribution is 2.19. The van der Waals surface area contributed by atoms with Gasteiger partial charge >= 0.3 is 0 Å². The summed E-state index contributed by atoms with van der Waals surface area (Å²) in [7, 11) is -3.05. The van der Waals surface area contributed by atoms with E-state index in [2.05, 4.69) is 15.6 Å². The van der Waals surface area contributed by atoms with E-state index in [9.17, 15) is 17.6 Å². The van der Waals surface area contributed by atoms with Gasteiger partial charge in [-0.25, -0.2) is 17.8 Å². The highest BCUT2D eigenvalue weighted by molar-refractivity contribution is 7.90. The minimum Gasteiger partial charge on any atom is -0.352 e. The SMILES string of the molecule is CS(=O)(=O)CCCNC(=O)c1cccnc1Nc1cccc(F)c1. The van der Waals surface area contributed by atoms with Crippen LogP contribution in [0.15, 0.2) is 42.6 Å². The minimum absolute atomic E-state index is 0.00865. The Morgan fingerprint density at radius 1 is 1.25 bits per heavy atom. The first-order valence-electron chi connectivity index (χ1n) is 7.29. The van der Waals surface area contributed by atoms with Crippen molar-refractivity contribution in [2.75, 3.05) is 23.9 Å². The van der Waals surface area contributed by atoms with Crippen molar-refractivity contribution in [3.05, 3.63) is 54.0 Å². The topological polar surface area (TPSA) is 88.2 Å². The van der Waals surface area contributed by atoms with Gasteiger partial charge in [0.05, 0.1) is 11.3 Å². The molecule has 1 heterocycles. The van der Waals surface area contributed by atoms with Crippen molar-refractivity contribution in [3.8, 4) is 0 Å². The number of pyridine rings is 1. The minimum atomic E-state index is -3.05. The molecule has 1 aromatic carbocycles. The molecule has 0 aliphatic heterocycles. The number of hydrogen-bond acceptors (Lipinski definition) is 5. The third-order valence-electron chi connectivity index (χ3n) is 3.12. The molecule has 1 amide bonds. The van der Waals surface area contributed by atoms with Gasteiger partial charge in [0.2, 0.25) is 0 Å². The molecule has 8 heteroatoms. The maximum Gasteiger partial charge on any atom is 0.255 e. The molecule has 128 valence electrons. The number of nitrogens with one attached hydrogen (secondary N) is 2. The van der Waals surface area contributed by atoms with E-state index in [0.717, 1.165) is 6.26 Å². The molecule has 0 fully saturated rings. The molecular formula is C16H18FN3O3S. The predicted octanol–water partition coefficient (Wildman–Crippen LogP) is 2.13. The molecule has 0 saturated heterocycles. The van der Waals surface area contributed by atoms with Gasteiger partial charge in [-0.2, -0.15) is 0 Å². The number of amides is 1. The van der Waals surface area contributed by atoms with E-state index in [0.29, 0.717) is 23.5 Å². The monoisotopic (exact) mass is 351 g/mol. The van der Waals surface area contributed by atoms with Gasteiger partial charge in [0.25, 0.3) is 5.91 Å². The first kappa shape index (κ1) is 17.9. The average Bonchev–Trinajstić information content (AvgIpc) is 2.51. The second kappa shape index (κ2) is 7.87. The number of carbonyl (C=O) groups excluding carboxylic acids is 1. The quantitative estimate of drug-likeness (QED) is 0.746. The first-order chi connectivity index (χ1) is 11.3. The van der Waals surface area contributed by atoms with E-state index in [1.54, 1.807) is 24.3 Å². The van der Waals surface area contributed by atoms with Crippen LogP contribution in [0.2, 0.25) is 0 Å². The molecule has 0 aliphatic rings. The maximum absolute atomic E-state index is 13.2. The van der Waals surface area contributed by atoms with Crippen LogP contribution < -0.4 is 10.6 Å². The zero-order chi connectivity index (χ0) is 17.6. The van der Waals surface area contributed by atoms with E-state index in [1.165, 1.54) is 18.3 Å². The summed E-state index contributed by atoms with van der Waals surface area (Å²) in [6.07, 6.45) is 3.00. The van der Waals surface area contributed by atoms with Crippen molar-refractivity contribution < 1.29 is 17.6 Å². The van der Waals surface area contributed by atoms with Gasteiger partial charge in [-0.1, -0.05) is 6.07 Å². The Morgan fingerprint density at radius 2 is 2.04 bits per heavy atom. The van der Waals surface area contributed by atoms with Gasteiger partial charge in [0.15, 0.2) is 0 Å². The summed E-state index contributed by atoms with van der Waals surface area (Å²) in [4.78, 5) is 16.3. The van der Waals surface area contributed by atoms with Gasteiger partial charge in [-0.3, -0.25) is 4.79 Å². The van der Waals surface area contributed by atoms with Crippen molar-refractivity contribution in [1.82, 2.24) is 10.3 Å². The van der Waals surface area contributed by atoms with E-state index in [4.69, 9.17) is 0 Å². The zero-order valence-electron chi connectivity index (χ0n) is 13.1. The lowest BCUT2D eigenvalue weighted by molar-refractivity contribution is 0.0954. The van der Waals surface area contributed by atoms with Crippen molar-refractivity contribution in [1.29, 1.82) is 0 Å². The summed E-state index contributed by atoms with van der Waals surface area (Å²) in [6, 6.07) is 9.02. The Hall–Kier alpha value is -2.48. The van der Waals surface area contributed by atoms with Crippen LogP contribution in [-0.2, 0) is 9.84 Å². The number of halogens is 1. The number of sulfone groups is 1. The number of hydrogen-bond donors (Lipinski definition) is 2. The van der Waals surface area contributed by atoms with Crippen LogP contribution in [0.4, 0.5) is 15.9 Å². The molecule has 1 aromatic heterocycles. The third-order valence-corrected chi connectivity index (χ3v) is 4.15. The van der Waals surface area contributed by atoms with Crippen molar-refractivity contribution in [2.45, 2.75) is 6.42 Å². The number of benzene rings is 1.